The normalized spacial score (nSPS) is 10.9. The molecule has 0 atom stereocenters. The Balaban J connectivity index is 2.26. The SMILES string of the molecule is Cc1cc(C)cc(-n2nnc(CN)c2-c2ccccc2F)c1. The van der Waals surface area contributed by atoms with Crippen LogP contribution in [0.15, 0.2) is 42.5 Å². The first-order valence-corrected chi connectivity index (χ1v) is 7.08. The molecule has 3 aromatic rings. The first-order chi connectivity index (χ1) is 10.6. The van der Waals surface area contributed by atoms with Crippen molar-refractivity contribution in [3.05, 3.63) is 65.1 Å². The van der Waals surface area contributed by atoms with E-state index < -0.39 is 0 Å². The van der Waals surface area contributed by atoms with E-state index in [-0.39, 0.29) is 12.4 Å². The lowest BCUT2D eigenvalue weighted by Gasteiger charge is -2.10. The van der Waals surface area contributed by atoms with Crippen LogP contribution in [0.2, 0.25) is 0 Å². The fraction of sp³-hybridized carbons (Fsp3) is 0.176. The summed E-state index contributed by atoms with van der Waals surface area (Å²) in [6.45, 7) is 4.23. The van der Waals surface area contributed by atoms with Crippen LogP contribution in [-0.4, -0.2) is 15.0 Å². The van der Waals surface area contributed by atoms with Gasteiger partial charge in [-0.3, -0.25) is 0 Å². The summed E-state index contributed by atoms with van der Waals surface area (Å²) in [6.07, 6.45) is 0. The van der Waals surface area contributed by atoms with Crippen molar-refractivity contribution in [3.8, 4) is 16.9 Å². The predicted molar refractivity (Wildman–Crippen MR) is 84.1 cm³/mol. The number of aryl methyl sites for hydroxylation is 2. The van der Waals surface area contributed by atoms with Gasteiger partial charge < -0.3 is 5.73 Å². The van der Waals surface area contributed by atoms with Crippen LogP contribution in [0, 0.1) is 19.7 Å². The summed E-state index contributed by atoms with van der Waals surface area (Å²) in [5, 5.41) is 8.29. The van der Waals surface area contributed by atoms with Gasteiger partial charge >= 0.3 is 0 Å². The molecule has 0 saturated heterocycles. The minimum atomic E-state index is -0.315. The van der Waals surface area contributed by atoms with Crippen LogP contribution < -0.4 is 5.73 Å². The van der Waals surface area contributed by atoms with Gasteiger partial charge in [-0.25, -0.2) is 9.07 Å². The van der Waals surface area contributed by atoms with Crippen molar-refractivity contribution in [3.63, 3.8) is 0 Å². The van der Waals surface area contributed by atoms with Gasteiger partial charge in [-0.1, -0.05) is 23.4 Å². The second-order valence-corrected chi connectivity index (χ2v) is 5.33. The molecule has 0 unspecified atom stereocenters. The first kappa shape index (κ1) is 14.4. The van der Waals surface area contributed by atoms with Gasteiger partial charge in [0.05, 0.1) is 5.69 Å². The van der Waals surface area contributed by atoms with Crippen molar-refractivity contribution in [2.24, 2.45) is 5.73 Å². The van der Waals surface area contributed by atoms with Gasteiger partial charge in [0.1, 0.15) is 17.2 Å². The minimum Gasteiger partial charge on any atom is -0.325 e. The highest BCUT2D eigenvalue weighted by atomic mass is 19.1. The van der Waals surface area contributed by atoms with Gasteiger partial charge in [-0.2, -0.15) is 0 Å². The number of halogens is 1. The average molecular weight is 296 g/mol. The Bertz CT molecular complexity index is 803. The molecule has 0 aliphatic heterocycles. The summed E-state index contributed by atoms with van der Waals surface area (Å²) in [5.74, 6) is -0.315. The third kappa shape index (κ3) is 2.51. The predicted octanol–water partition coefficient (Wildman–Crippen LogP) is 3.15. The molecule has 5 heteroatoms. The molecule has 0 bridgehead atoms. The molecule has 0 aliphatic carbocycles. The Morgan fingerprint density at radius 1 is 1.09 bits per heavy atom. The standard InChI is InChI=1S/C17H17FN4/c1-11-7-12(2)9-13(8-11)22-17(16(10-19)20-21-22)14-5-3-4-6-15(14)18/h3-9H,10,19H2,1-2H3. The van der Waals surface area contributed by atoms with Gasteiger partial charge in [-0.15, -0.1) is 5.10 Å². The number of benzene rings is 2. The molecule has 1 aromatic heterocycles. The van der Waals surface area contributed by atoms with Crippen molar-refractivity contribution in [1.29, 1.82) is 0 Å². The number of hydrogen-bond acceptors (Lipinski definition) is 3. The summed E-state index contributed by atoms with van der Waals surface area (Å²) in [6, 6.07) is 12.6. The Morgan fingerprint density at radius 3 is 2.41 bits per heavy atom. The summed E-state index contributed by atoms with van der Waals surface area (Å²) in [5.41, 5.74) is 10.4. The molecule has 3 rings (SSSR count). The molecule has 22 heavy (non-hydrogen) atoms. The van der Waals surface area contributed by atoms with E-state index in [9.17, 15) is 4.39 Å². The van der Waals surface area contributed by atoms with Gasteiger partial charge in [0.25, 0.3) is 0 Å². The fourth-order valence-corrected chi connectivity index (χ4v) is 2.63. The second kappa shape index (κ2) is 5.69. The molecule has 0 fully saturated rings. The van der Waals surface area contributed by atoms with Gasteiger partial charge in [0, 0.05) is 12.1 Å². The minimum absolute atomic E-state index is 0.203. The van der Waals surface area contributed by atoms with E-state index in [1.165, 1.54) is 6.07 Å². The quantitative estimate of drug-likeness (QED) is 0.807. The van der Waals surface area contributed by atoms with Gasteiger partial charge in [-0.05, 0) is 49.2 Å². The molecule has 1 heterocycles. The number of nitrogens with zero attached hydrogens (tertiary/aromatic N) is 3. The molecule has 4 nitrogen and oxygen atoms in total. The Morgan fingerprint density at radius 2 is 1.77 bits per heavy atom. The van der Waals surface area contributed by atoms with Crippen LogP contribution >= 0.6 is 0 Å². The summed E-state index contributed by atoms with van der Waals surface area (Å²) >= 11 is 0. The lowest BCUT2D eigenvalue weighted by Crippen LogP contribution is -2.04. The molecule has 0 spiro atoms. The number of nitrogens with two attached hydrogens (primary N) is 1. The van der Waals surface area contributed by atoms with Crippen molar-refractivity contribution in [2.75, 3.05) is 0 Å². The third-order valence-corrected chi connectivity index (χ3v) is 3.51. The lowest BCUT2D eigenvalue weighted by molar-refractivity contribution is 0.629. The maximum Gasteiger partial charge on any atom is 0.132 e. The molecule has 0 radical (unpaired) electrons. The van der Waals surface area contributed by atoms with E-state index in [0.717, 1.165) is 16.8 Å². The Labute approximate surface area is 128 Å². The lowest BCUT2D eigenvalue weighted by atomic mass is 10.1. The van der Waals surface area contributed by atoms with Crippen molar-refractivity contribution in [2.45, 2.75) is 20.4 Å². The maximum atomic E-state index is 14.2. The van der Waals surface area contributed by atoms with E-state index in [1.54, 1.807) is 22.9 Å². The largest absolute Gasteiger partial charge is 0.325 e. The van der Waals surface area contributed by atoms with E-state index in [2.05, 4.69) is 16.4 Å². The highest BCUT2D eigenvalue weighted by molar-refractivity contribution is 5.65. The van der Waals surface area contributed by atoms with E-state index in [4.69, 9.17) is 5.73 Å². The Kier molecular flexibility index (Phi) is 3.73. The van der Waals surface area contributed by atoms with E-state index in [0.29, 0.717) is 17.0 Å². The maximum absolute atomic E-state index is 14.2. The smallest absolute Gasteiger partial charge is 0.132 e. The average Bonchev–Trinajstić information content (AvgIpc) is 2.90. The van der Waals surface area contributed by atoms with E-state index >= 15 is 0 Å². The van der Waals surface area contributed by atoms with Gasteiger partial charge in [0.2, 0.25) is 0 Å². The molecule has 2 aromatic carbocycles. The monoisotopic (exact) mass is 296 g/mol. The Hall–Kier alpha value is -2.53. The molecule has 2 N–H and O–H groups in total. The highest BCUT2D eigenvalue weighted by Gasteiger charge is 2.18. The first-order valence-electron chi connectivity index (χ1n) is 7.08. The van der Waals surface area contributed by atoms with Crippen LogP contribution in [-0.2, 0) is 6.54 Å². The highest BCUT2D eigenvalue weighted by Crippen LogP contribution is 2.28. The van der Waals surface area contributed by atoms with Crippen LogP contribution in [0.25, 0.3) is 16.9 Å². The van der Waals surface area contributed by atoms with Crippen LogP contribution in [0.4, 0.5) is 4.39 Å². The molecule has 112 valence electrons. The topological polar surface area (TPSA) is 56.7 Å². The molecular weight excluding hydrogens is 279 g/mol. The van der Waals surface area contributed by atoms with Crippen LogP contribution in [0.5, 0.6) is 0 Å². The number of hydrogen-bond donors (Lipinski definition) is 1. The number of aromatic nitrogens is 3. The zero-order valence-electron chi connectivity index (χ0n) is 12.5. The summed E-state index contributed by atoms with van der Waals surface area (Å²) in [4.78, 5) is 0. The van der Waals surface area contributed by atoms with Crippen molar-refractivity contribution < 1.29 is 4.39 Å². The summed E-state index contributed by atoms with van der Waals surface area (Å²) < 4.78 is 15.9. The van der Waals surface area contributed by atoms with E-state index in [1.807, 2.05) is 26.0 Å². The fourth-order valence-electron chi connectivity index (χ4n) is 2.63. The zero-order chi connectivity index (χ0) is 15.7. The molecule has 0 amide bonds. The van der Waals surface area contributed by atoms with Crippen molar-refractivity contribution in [1.82, 2.24) is 15.0 Å². The van der Waals surface area contributed by atoms with Gasteiger partial charge in [0.15, 0.2) is 0 Å². The van der Waals surface area contributed by atoms with Crippen molar-refractivity contribution >= 4 is 0 Å². The molecule has 0 aliphatic rings. The summed E-state index contributed by atoms with van der Waals surface area (Å²) in [7, 11) is 0. The van der Waals surface area contributed by atoms with Crippen LogP contribution in [0.3, 0.4) is 0 Å². The number of rotatable bonds is 3. The third-order valence-electron chi connectivity index (χ3n) is 3.51. The zero-order valence-corrected chi connectivity index (χ0v) is 12.5. The molecular formula is C17H17FN4. The molecule has 0 saturated carbocycles. The van der Waals surface area contributed by atoms with Crippen LogP contribution in [0.1, 0.15) is 16.8 Å². The second-order valence-electron chi connectivity index (χ2n) is 5.33.